The number of thioether (sulfide) groups is 1. The van der Waals surface area contributed by atoms with Gasteiger partial charge in [-0.3, -0.25) is 9.59 Å². The number of carboxylic acids is 1. The van der Waals surface area contributed by atoms with E-state index in [0.29, 0.717) is 11.5 Å². The molecule has 8 heteroatoms. The van der Waals surface area contributed by atoms with E-state index < -0.39 is 30.6 Å². The number of benzene rings is 2. The molecule has 7 nitrogen and oxygen atoms in total. The summed E-state index contributed by atoms with van der Waals surface area (Å²) in [6, 6.07) is 17.3. The number of aliphatic carboxylic acids is 1. The molecule has 1 fully saturated rings. The number of carbonyl (C=O) groups excluding carboxylic acids is 2. The van der Waals surface area contributed by atoms with Gasteiger partial charge < -0.3 is 20.1 Å². The predicted octanol–water partition coefficient (Wildman–Crippen LogP) is 2.68. The van der Waals surface area contributed by atoms with Gasteiger partial charge in [-0.2, -0.15) is 11.8 Å². The van der Waals surface area contributed by atoms with Crippen molar-refractivity contribution >= 4 is 29.7 Å². The van der Waals surface area contributed by atoms with Gasteiger partial charge in [-0.05, 0) is 11.1 Å². The van der Waals surface area contributed by atoms with E-state index in [-0.39, 0.29) is 12.6 Å². The Balaban J connectivity index is 1.69. The third-order valence-corrected chi connectivity index (χ3v) is 5.63. The van der Waals surface area contributed by atoms with Crippen molar-refractivity contribution in [2.24, 2.45) is 0 Å². The average molecular weight is 414 g/mol. The molecule has 0 bridgehead atoms. The SMILES string of the molecule is O=C(O)CN1C(=O)C(NC(=O)OCc2ccccc2)CSCC1c1ccccc1. The van der Waals surface area contributed by atoms with Gasteiger partial charge in [0.15, 0.2) is 0 Å². The van der Waals surface area contributed by atoms with Crippen molar-refractivity contribution in [2.45, 2.75) is 18.7 Å². The number of alkyl carbamates (subject to hydrolysis) is 1. The Morgan fingerprint density at radius 3 is 2.38 bits per heavy atom. The highest BCUT2D eigenvalue weighted by molar-refractivity contribution is 7.99. The lowest BCUT2D eigenvalue weighted by molar-refractivity contribution is -0.146. The van der Waals surface area contributed by atoms with E-state index in [9.17, 15) is 19.5 Å². The zero-order valence-electron chi connectivity index (χ0n) is 15.7. The van der Waals surface area contributed by atoms with E-state index in [2.05, 4.69) is 5.32 Å². The highest BCUT2D eigenvalue weighted by atomic mass is 32.2. The first kappa shape index (κ1) is 20.7. The van der Waals surface area contributed by atoms with E-state index in [1.807, 2.05) is 60.7 Å². The molecule has 3 rings (SSSR count). The molecular formula is C21H22N2O5S. The first-order chi connectivity index (χ1) is 14.0. The summed E-state index contributed by atoms with van der Waals surface area (Å²) < 4.78 is 5.20. The molecule has 2 N–H and O–H groups in total. The third kappa shape index (κ3) is 5.74. The molecule has 152 valence electrons. The minimum absolute atomic E-state index is 0.0895. The van der Waals surface area contributed by atoms with Gasteiger partial charge in [0, 0.05) is 11.5 Å². The lowest BCUT2D eigenvalue weighted by Gasteiger charge is -2.30. The fourth-order valence-electron chi connectivity index (χ4n) is 3.11. The molecule has 2 aromatic carbocycles. The molecule has 2 unspecified atom stereocenters. The number of amides is 2. The van der Waals surface area contributed by atoms with E-state index in [4.69, 9.17) is 4.74 Å². The molecule has 29 heavy (non-hydrogen) atoms. The summed E-state index contributed by atoms with van der Waals surface area (Å²) in [6.07, 6.45) is -0.707. The van der Waals surface area contributed by atoms with Gasteiger partial charge in [-0.25, -0.2) is 4.79 Å². The minimum atomic E-state index is -1.10. The van der Waals surface area contributed by atoms with Crippen molar-refractivity contribution in [3.63, 3.8) is 0 Å². The highest BCUT2D eigenvalue weighted by Gasteiger charge is 2.36. The van der Waals surface area contributed by atoms with Crippen LogP contribution in [0.3, 0.4) is 0 Å². The molecule has 2 amide bonds. The standard InChI is InChI=1S/C21H22N2O5S/c24-19(25)11-23-18(16-9-5-2-6-10-16)14-29-13-17(20(23)26)22-21(27)28-12-15-7-3-1-4-8-15/h1-10,17-18H,11-14H2,(H,22,27)(H,24,25). The molecule has 0 aliphatic carbocycles. The lowest BCUT2D eigenvalue weighted by atomic mass is 10.1. The second-order valence-corrected chi connectivity index (χ2v) is 7.66. The number of ether oxygens (including phenoxy) is 1. The van der Waals surface area contributed by atoms with Gasteiger partial charge in [0.05, 0.1) is 6.04 Å². The third-order valence-electron chi connectivity index (χ3n) is 4.51. The van der Waals surface area contributed by atoms with Crippen LogP contribution in [0.1, 0.15) is 17.2 Å². The second-order valence-electron chi connectivity index (χ2n) is 6.58. The lowest BCUT2D eigenvalue weighted by Crippen LogP contribution is -2.51. The van der Waals surface area contributed by atoms with Gasteiger partial charge in [-0.1, -0.05) is 60.7 Å². The number of carboxylic acid groups (broad SMARTS) is 1. The smallest absolute Gasteiger partial charge is 0.408 e. The molecule has 0 spiro atoms. The fraction of sp³-hybridized carbons (Fsp3) is 0.286. The first-order valence-corrected chi connectivity index (χ1v) is 10.3. The van der Waals surface area contributed by atoms with Crippen LogP contribution >= 0.6 is 11.8 Å². The summed E-state index contributed by atoms with van der Waals surface area (Å²) in [6.45, 7) is -0.345. The molecule has 2 atom stereocenters. The molecule has 1 aliphatic heterocycles. The Kier molecular flexibility index (Phi) is 7.13. The quantitative estimate of drug-likeness (QED) is 0.755. The van der Waals surface area contributed by atoms with Crippen LogP contribution in [0.5, 0.6) is 0 Å². The van der Waals surface area contributed by atoms with Crippen LogP contribution in [0.25, 0.3) is 0 Å². The van der Waals surface area contributed by atoms with Crippen LogP contribution in [0.2, 0.25) is 0 Å². The second kappa shape index (κ2) is 9.97. The highest BCUT2D eigenvalue weighted by Crippen LogP contribution is 2.29. The minimum Gasteiger partial charge on any atom is -0.480 e. The Morgan fingerprint density at radius 2 is 1.72 bits per heavy atom. The normalized spacial score (nSPS) is 19.3. The Bertz CT molecular complexity index is 847. The number of nitrogens with zero attached hydrogens (tertiary/aromatic N) is 1. The Labute approximate surface area is 173 Å². The molecule has 0 saturated carbocycles. The summed E-state index contributed by atoms with van der Waals surface area (Å²) in [4.78, 5) is 37.9. The molecule has 1 heterocycles. The number of rotatable bonds is 6. The monoisotopic (exact) mass is 414 g/mol. The van der Waals surface area contributed by atoms with Crippen molar-refractivity contribution < 1.29 is 24.2 Å². The van der Waals surface area contributed by atoms with E-state index in [1.54, 1.807) is 0 Å². The van der Waals surface area contributed by atoms with Crippen LogP contribution in [-0.2, 0) is 20.9 Å². The number of hydrogen-bond donors (Lipinski definition) is 2. The van der Waals surface area contributed by atoms with Crippen LogP contribution in [0.15, 0.2) is 60.7 Å². The largest absolute Gasteiger partial charge is 0.480 e. The Morgan fingerprint density at radius 1 is 1.07 bits per heavy atom. The topological polar surface area (TPSA) is 95.9 Å². The molecule has 0 aromatic heterocycles. The van der Waals surface area contributed by atoms with E-state index >= 15 is 0 Å². The summed E-state index contributed by atoms with van der Waals surface area (Å²) >= 11 is 1.49. The van der Waals surface area contributed by atoms with E-state index in [0.717, 1.165) is 11.1 Å². The number of hydrogen-bond acceptors (Lipinski definition) is 5. The molecule has 0 radical (unpaired) electrons. The van der Waals surface area contributed by atoms with Crippen LogP contribution < -0.4 is 5.32 Å². The average Bonchev–Trinajstić information content (AvgIpc) is 2.87. The van der Waals surface area contributed by atoms with Crippen molar-refractivity contribution in [1.82, 2.24) is 10.2 Å². The number of nitrogens with one attached hydrogen (secondary N) is 1. The van der Waals surface area contributed by atoms with Crippen molar-refractivity contribution in [2.75, 3.05) is 18.1 Å². The summed E-state index contributed by atoms with van der Waals surface area (Å²) in [5.41, 5.74) is 1.70. The van der Waals surface area contributed by atoms with Gasteiger partial charge in [0.2, 0.25) is 5.91 Å². The van der Waals surface area contributed by atoms with E-state index in [1.165, 1.54) is 16.7 Å². The number of carbonyl (C=O) groups is 3. The molecule has 2 aromatic rings. The van der Waals surface area contributed by atoms with Gasteiger partial charge in [0.25, 0.3) is 0 Å². The van der Waals surface area contributed by atoms with Crippen molar-refractivity contribution in [3.8, 4) is 0 Å². The zero-order chi connectivity index (χ0) is 20.6. The molecule has 1 saturated heterocycles. The molecule has 1 aliphatic rings. The summed E-state index contributed by atoms with van der Waals surface area (Å²) in [5, 5.41) is 11.9. The fourth-order valence-corrected chi connectivity index (χ4v) is 4.30. The maximum Gasteiger partial charge on any atom is 0.408 e. The first-order valence-electron chi connectivity index (χ1n) is 9.17. The Hall–Kier alpha value is -3.00. The summed E-state index contributed by atoms with van der Waals surface area (Å²) in [7, 11) is 0. The van der Waals surface area contributed by atoms with Crippen LogP contribution in [0.4, 0.5) is 4.79 Å². The van der Waals surface area contributed by atoms with Gasteiger partial charge in [0.1, 0.15) is 19.2 Å². The van der Waals surface area contributed by atoms with Crippen molar-refractivity contribution in [1.29, 1.82) is 0 Å². The van der Waals surface area contributed by atoms with Gasteiger partial charge in [-0.15, -0.1) is 0 Å². The molecular weight excluding hydrogens is 392 g/mol. The van der Waals surface area contributed by atoms with Crippen molar-refractivity contribution in [3.05, 3.63) is 71.8 Å². The maximum absolute atomic E-state index is 13.1. The predicted molar refractivity (Wildman–Crippen MR) is 109 cm³/mol. The van der Waals surface area contributed by atoms with Gasteiger partial charge >= 0.3 is 12.1 Å². The summed E-state index contributed by atoms with van der Waals surface area (Å²) in [5.74, 6) is -0.640. The van der Waals surface area contributed by atoms with Crippen LogP contribution in [-0.4, -0.2) is 52.1 Å². The zero-order valence-corrected chi connectivity index (χ0v) is 16.5. The maximum atomic E-state index is 13.1. The van der Waals surface area contributed by atoms with Crippen LogP contribution in [0, 0.1) is 0 Å².